The maximum Gasteiger partial charge on any atom is 0.227 e. The Bertz CT molecular complexity index is 712. The first-order chi connectivity index (χ1) is 11.9. The van der Waals surface area contributed by atoms with Gasteiger partial charge in [-0.25, -0.2) is 0 Å². The zero-order valence-corrected chi connectivity index (χ0v) is 15.1. The number of nitrogens with zero attached hydrogens (tertiary/aromatic N) is 3. The number of benzene rings is 1. The molecule has 2 heterocycles. The Balaban J connectivity index is 1.52. The lowest BCUT2D eigenvalue weighted by Gasteiger charge is -2.41. The summed E-state index contributed by atoms with van der Waals surface area (Å²) in [5.41, 5.74) is 0.830. The van der Waals surface area contributed by atoms with Crippen molar-refractivity contribution in [3.63, 3.8) is 0 Å². The third-order valence-corrected chi connectivity index (χ3v) is 4.19. The van der Waals surface area contributed by atoms with E-state index in [1.165, 1.54) is 0 Å². The molecule has 1 aromatic carbocycles. The molecule has 0 bridgehead atoms. The molecule has 1 saturated heterocycles. The molecule has 0 radical (unpaired) electrons. The standard InChI is InChI=1S/C19H25N3O3/c1-14-12-22(13-19(2,3)24-14)18(23)10-9-17-20-16(21-25-17)11-15-7-5-4-6-8-15/h4-8,14H,9-13H2,1-3H3/t14-/m1/s1. The van der Waals surface area contributed by atoms with Crippen LogP contribution in [-0.4, -0.2) is 45.7 Å². The minimum atomic E-state index is -0.305. The highest BCUT2D eigenvalue weighted by Gasteiger charge is 2.33. The number of rotatable bonds is 5. The molecule has 134 valence electrons. The van der Waals surface area contributed by atoms with E-state index in [2.05, 4.69) is 10.1 Å². The molecule has 1 fully saturated rings. The number of hydrogen-bond acceptors (Lipinski definition) is 5. The van der Waals surface area contributed by atoms with Gasteiger partial charge in [-0.05, 0) is 26.3 Å². The Labute approximate surface area is 148 Å². The highest BCUT2D eigenvalue weighted by molar-refractivity contribution is 5.76. The summed E-state index contributed by atoms with van der Waals surface area (Å²) in [4.78, 5) is 18.7. The number of ether oxygens (including phenoxy) is 1. The van der Waals surface area contributed by atoms with Gasteiger partial charge in [0, 0.05) is 32.4 Å². The average Bonchev–Trinajstić information content (AvgIpc) is 2.99. The zero-order valence-electron chi connectivity index (χ0n) is 15.1. The monoisotopic (exact) mass is 343 g/mol. The van der Waals surface area contributed by atoms with Crippen molar-refractivity contribution in [1.82, 2.24) is 15.0 Å². The van der Waals surface area contributed by atoms with Crippen LogP contribution in [0.4, 0.5) is 0 Å². The number of aryl methyl sites for hydroxylation is 1. The third-order valence-electron chi connectivity index (χ3n) is 4.19. The first-order valence-corrected chi connectivity index (χ1v) is 8.72. The molecule has 6 nitrogen and oxygen atoms in total. The minimum Gasteiger partial charge on any atom is -0.369 e. The van der Waals surface area contributed by atoms with Crippen molar-refractivity contribution in [2.45, 2.75) is 51.7 Å². The van der Waals surface area contributed by atoms with Gasteiger partial charge in [-0.2, -0.15) is 4.98 Å². The summed E-state index contributed by atoms with van der Waals surface area (Å²) in [7, 11) is 0. The SMILES string of the molecule is C[C@@H]1CN(C(=O)CCc2nc(Cc3ccccc3)no2)CC(C)(C)O1. The van der Waals surface area contributed by atoms with Crippen molar-refractivity contribution in [2.24, 2.45) is 0 Å². The molecule has 0 saturated carbocycles. The molecule has 0 N–H and O–H groups in total. The van der Waals surface area contributed by atoms with E-state index in [-0.39, 0.29) is 17.6 Å². The Hall–Kier alpha value is -2.21. The largest absolute Gasteiger partial charge is 0.369 e. The smallest absolute Gasteiger partial charge is 0.227 e. The van der Waals surface area contributed by atoms with Crippen LogP contribution >= 0.6 is 0 Å². The van der Waals surface area contributed by atoms with Gasteiger partial charge in [0.2, 0.25) is 11.8 Å². The Kier molecular flexibility index (Phi) is 5.18. The number of carbonyl (C=O) groups excluding carboxylic acids is 1. The van der Waals surface area contributed by atoms with Gasteiger partial charge >= 0.3 is 0 Å². The van der Waals surface area contributed by atoms with E-state index in [9.17, 15) is 4.79 Å². The fourth-order valence-electron chi connectivity index (χ4n) is 3.26. The average molecular weight is 343 g/mol. The number of aromatic nitrogens is 2. The highest BCUT2D eigenvalue weighted by atomic mass is 16.5. The maximum absolute atomic E-state index is 12.5. The van der Waals surface area contributed by atoms with Gasteiger partial charge in [-0.15, -0.1) is 0 Å². The van der Waals surface area contributed by atoms with Crippen LogP contribution < -0.4 is 0 Å². The molecule has 1 aliphatic rings. The number of hydrogen-bond donors (Lipinski definition) is 0. The molecule has 2 aromatic rings. The summed E-state index contributed by atoms with van der Waals surface area (Å²) in [5, 5.41) is 4.01. The van der Waals surface area contributed by atoms with Crippen molar-refractivity contribution in [1.29, 1.82) is 0 Å². The molecule has 1 aromatic heterocycles. The summed E-state index contributed by atoms with van der Waals surface area (Å²) >= 11 is 0. The van der Waals surface area contributed by atoms with Crippen LogP contribution in [0.1, 0.15) is 44.5 Å². The summed E-state index contributed by atoms with van der Waals surface area (Å²) < 4.78 is 11.1. The minimum absolute atomic E-state index is 0.0496. The lowest BCUT2D eigenvalue weighted by molar-refractivity contribution is -0.158. The molecule has 6 heteroatoms. The Morgan fingerprint density at radius 3 is 2.80 bits per heavy atom. The normalized spacial score (nSPS) is 19.8. The molecule has 0 unspecified atom stereocenters. The van der Waals surface area contributed by atoms with Crippen LogP contribution in [0.5, 0.6) is 0 Å². The van der Waals surface area contributed by atoms with E-state index in [1.807, 2.05) is 56.0 Å². The van der Waals surface area contributed by atoms with Crippen molar-refractivity contribution in [2.75, 3.05) is 13.1 Å². The quantitative estimate of drug-likeness (QED) is 0.835. The third kappa shape index (κ3) is 4.89. The Morgan fingerprint density at radius 2 is 2.08 bits per heavy atom. The second kappa shape index (κ2) is 7.35. The molecular formula is C19H25N3O3. The molecule has 0 spiro atoms. The van der Waals surface area contributed by atoms with E-state index >= 15 is 0 Å². The lowest BCUT2D eigenvalue weighted by atomic mass is 10.0. The van der Waals surface area contributed by atoms with Crippen molar-refractivity contribution in [3.8, 4) is 0 Å². The fraction of sp³-hybridized carbons (Fsp3) is 0.526. The first-order valence-electron chi connectivity index (χ1n) is 8.72. The summed E-state index contributed by atoms with van der Waals surface area (Å²) in [6, 6.07) is 10.0. The van der Waals surface area contributed by atoms with E-state index in [1.54, 1.807) is 0 Å². The van der Waals surface area contributed by atoms with Crippen molar-refractivity contribution in [3.05, 3.63) is 47.6 Å². The van der Waals surface area contributed by atoms with Crippen LogP contribution in [0.2, 0.25) is 0 Å². The molecular weight excluding hydrogens is 318 g/mol. The van der Waals surface area contributed by atoms with Crippen LogP contribution in [0.3, 0.4) is 0 Å². The predicted octanol–water partition coefficient (Wildman–Crippen LogP) is 2.62. The Morgan fingerprint density at radius 1 is 1.32 bits per heavy atom. The van der Waals surface area contributed by atoms with E-state index < -0.39 is 0 Å². The predicted molar refractivity (Wildman–Crippen MR) is 93.1 cm³/mol. The van der Waals surface area contributed by atoms with Crippen LogP contribution in [0.15, 0.2) is 34.9 Å². The van der Waals surface area contributed by atoms with E-state index in [4.69, 9.17) is 9.26 Å². The summed E-state index contributed by atoms with van der Waals surface area (Å²) in [6.07, 6.45) is 1.52. The number of amides is 1. The second-order valence-corrected chi connectivity index (χ2v) is 7.23. The molecule has 3 rings (SSSR count). The zero-order chi connectivity index (χ0) is 17.9. The first kappa shape index (κ1) is 17.6. The molecule has 1 amide bonds. The summed E-state index contributed by atoms with van der Waals surface area (Å²) in [6.45, 7) is 7.26. The van der Waals surface area contributed by atoms with E-state index in [0.717, 1.165) is 5.56 Å². The summed E-state index contributed by atoms with van der Waals surface area (Å²) in [5.74, 6) is 1.26. The fourth-order valence-corrected chi connectivity index (χ4v) is 3.26. The van der Waals surface area contributed by atoms with Gasteiger partial charge in [-0.3, -0.25) is 4.79 Å². The van der Waals surface area contributed by atoms with Crippen LogP contribution in [-0.2, 0) is 22.4 Å². The molecule has 0 aliphatic carbocycles. The molecule has 1 atom stereocenters. The van der Waals surface area contributed by atoms with Crippen molar-refractivity contribution < 1.29 is 14.1 Å². The highest BCUT2D eigenvalue weighted by Crippen LogP contribution is 2.21. The van der Waals surface area contributed by atoms with Gasteiger partial charge in [0.05, 0.1) is 11.7 Å². The van der Waals surface area contributed by atoms with Gasteiger partial charge in [0.1, 0.15) is 0 Å². The number of morpholine rings is 1. The lowest BCUT2D eigenvalue weighted by Crippen LogP contribution is -2.53. The van der Waals surface area contributed by atoms with Crippen LogP contribution in [0.25, 0.3) is 0 Å². The van der Waals surface area contributed by atoms with Gasteiger partial charge in [-0.1, -0.05) is 35.5 Å². The number of carbonyl (C=O) groups is 1. The molecule has 1 aliphatic heterocycles. The maximum atomic E-state index is 12.5. The van der Waals surface area contributed by atoms with Gasteiger partial charge in [0.15, 0.2) is 5.82 Å². The molecule has 25 heavy (non-hydrogen) atoms. The second-order valence-electron chi connectivity index (χ2n) is 7.23. The van der Waals surface area contributed by atoms with E-state index in [0.29, 0.717) is 44.1 Å². The van der Waals surface area contributed by atoms with Gasteiger partial charge in [0.25, 0.3) is 0 Å². The van der Waals surface area contributed by atoms with Crippen LogP contribution in [0, 0.1) is 0 Å². The topological polar surface area (TPSA) is 68.5 Å². The van der Waals surface area contributed by atoms with Gasteiger partial charge < -0.3 is 14.2 Å². The van der Waals surface area contributed by atoms with Crippen molar-refractivity contribution >= 4 is 5.91 Å².